The smallest absolute Gasteiger partial charge is 0.228 e. The lowest BCUT2D eigenvalue weighted by Gasteiger charge is -2.21. The molecule has 1 aliphatic heterocycles. The Hall–Kier alpha value is -1.93. The van der Waals surface area contributed by atoms with Gasteiger partial charge in [-0.25, -0.2) is 4.39 Å². The normalized spacial score (nSPS) is 19.0. The Morgan fingerprint density at radius 3 is 3.06 bits per heavy atom. The number of nitriles is 1. The van der Waals surface area contributed by atoms with E-state index in [1.807, 2.05) is 0 Å². The van der Waals surface area contributed by atoms with Crippen molar-refractivity contribution in [2.24, 2.45) is 5.92 Å². The van der Waals surface area contributed by atoms with Gasteiger partial charge in [0.15, 0.2) is 0 Å². The quantitative estimate of drug-likeness (QED) is 0.835. The number of halogens is 1. The number of nitrogens with one attached hydrogen (secondary N) is 2. The van der Waals surface area contributed by atoms with Crippen LogP contribution in [0.4, 0.5) is 10.1 Å². The average Bonchev–Trinajstić information content (AvgIpc) is 2.42. The molecule has 1 fully saturated rings. The predicted octanol–water partition coefficient (Wildman–Crippen LogP) is 1.64. The highest BCUT2D eigenvalue weighted by molar-refractivity contribution is 5.92. The number of carbonyl (C=O) groups is 1. The van der Waals surface area contributed by atoms with E-state index in [0.717, 1.165) is 19.4 Å². The van der Waals surface area contributed by atoms with Crippen molar-refractivity contribution in [3.63, 3.8) is 0 Å². The fourth-order valence-electron chi connectivity index (χ4n) is 2.01. The third-order valence-electron chi connectivity index (χ3n) is 3.02. The predicted molar refractivity (Wildman–Crippen MR) is 65.3 cm³/mol. The van der Waals surface area contributed by atoms with Gasteiger partial charge < -0.3 is 10.6 Å². The van der Waals surface area contributed by atoms with Gasteiger partial charge in [-0.3, -0.25) is 4.79 Å². The van der Waals surface area contributed by atoms with Gasteiger partial charge in [0.25, 0.3) is 0 Å². The zero-order valence-corrected chi connectivity index (χ0v) is 9.87. The van der Waals surface area contributed by atoms with Gasteiger partial charge in [0.2, 0.25) is 5.91 Å². The molecule has 0 bridgehead atoms. The molecule has 1 aromatic carbocycles. The molecule has 1 heterocycles. The van der Waals surface area contributed by atoms with Crippen molar-refractivity contribution in [2.75, 3.05) is 18.4 Å². The van der Waals surface area contributed by atoms with Gasteiger partial charge in [-0.05, 0) is 37.6 Å². The summed E-state index contributed by atoms with van der Waals surface area (Å²) in [6.45, 7) is 1.61. The highest BCUT2D eigenvalue weighted by atomic mass is 19.1. The largest absolute Gasteiger partial charge is 0.326 e. The fourth-order valence-corrected chi connectivity index (χ4v) is 2.01. The van der Waals surface area contributed by atoms with Crippen LogP contribution in [0, 0.1) is 23.1 Å². The van der Waals surface area contributed by atoms with Crippen molar-refractivity contribution in [1.29, 1.82) is 5.26 Å². The summed E-state index contributed by atoms with van der Waals surface area (Å²) in [6, 6.07) is 5.75. The minimum absolute atomic E-state index is 0.0606. The van der Waals surface area contributed by atoms with E-state index in [-0.39, 0.29) is 17.4 Å². The van der Waals surface area contributed by atoms with Crippen LogP contribution in [-0.2, 0) is 4.79 Å². The molecule has 0 aromatic heterocycles. The van der Waals surface area contributed by atoms with Crippen LogP contribution in [0.1, 0.15) is 18.4 Å². The lowest BCUT2D eigenvalue weighted by atomic mass is 9.99. The van der Waals surface area contributed by atoms with E-state index in [4.69, 9.17) is 5.26 Å². The van der Waals surface area contributed by atoms with Crippen molar-refractivity contribution in [3.05, 3.63) is 29.6 Å². The maximum absolute atomic E-state index is 13.1. The van der Waals surface area contributed by atoms with E-state index in [0.29, 0.717) is 12.2 Å². The molecule has 2 N–H and O–H groups in total. The first-order valence-corrected chi connectivity index (χ1v) is 5.92. The third-order valence-corrected chi connectivity index (χ3v) is 3.02. The first kappa shape index (κ1) is 12.5. The van der Waals surface area contributed by atoms with Gasteiger partial charge in [0.1, 0.15) is 11.9 Å². The van der Waals surface area contributed by atoms with E-state index in [9.17, 15) is 9.18 Å². The Bertz CT molecular complexity index is 489. The first-order valence-electron chi connectivity index (χ1n) is 5.92. The van der Waals surface area contributed by atoms with Crippen LogP contribution in [0.3, 0.4) is 0 Å². The molecule has 0 unspecified atom stereocenters. The SMILES string of the molecule is N#Cc1cc(NC(=O)[C@H]2CCCNC2)ccc1F. The Morgan fingerprint density at radius 1 is 1.56 bits per heavy atom. The van der Waals surface area contributed by atoms with Crippen LogP contribution in [-0.4, -0.2) is 19.0 Å². The van der Waals surface area contributed by atoms with Crippen molar-refractivity contribution in [1.82, 2.24) is 5.32 Å². The third kappa shape index (κ3) is 2.84. The molecular weight excluding hydrogens is 233 g/mol. The van der Waals surface area contributed by atoms with E-state index in [2.05, 4.69) is 10.6 Å². The minimum Gasteiger partial charge on any atom is -0.326 e. The number of rotatable bonds is 2. The summed E-state index contributed by atoms with van der Waals surface area (Å²) in [5.41, 5.74) is 0.401. The number of carbonyl (C=O) groups excluding carboxylic acids is 1. The number of benzene rings is 1. The molecule has 1 saturated heterocycles. The number of hydrogen-bond donors (Lipinski definition) is 2. The standard InChI is InChI=1S/C13H14FN3O/c14-12-4-3-11(6-10(12)7-15)17-13(18)9-2-1-5-16-8-9/h3-4,6,9,16H,1-2,5,8H2,(H,17,18)/t9-/m0/s1. The molecule has 1 atom stereocenters. The molecular formula is C13H14FN3O. The van der Waals surface area contributed by atoms with E-state index in [1.54, 1.807) is 6.07 Å². The monoisotopic (exact) mass is 247 g/mol. The summed E-state index contributed by atoms with van der Waals surface area (Å²) >= 11 is 0. The number of anilines is 1. The number of piperidine rings is 1. The van der Waals surface area contributed by atoms with Crippen molar-refractivity contribution >= 4 is 11.6 Å². The van der Waals surface area contributed by atoms with Crippen molar-refractivity contribution in [3.8, 4) is 6.07 Å². The lowest BCUT2D eigenvalue weighted by Crippen LogP contribution is -2.37. The van der Waals surface area contributed by atoms with Gasteiger partial charge in [-0.1, -0.05) is 0 Å². The molecule has 5 heteroatoms. The Labute approximate surface area is 105 Å². The first-order chi connectivity index (χ1) is 8.70. The minimum atomic E-state index is -0.574. The van der Waals surface area contributed by atoms with E-state index < -0.39 is 5.82 Å². The topological polar surface area (TPSA) is 64.9 Å². The van der Waals surface area contributed by atoms with Crippen LogP contribution in [0.5, 0.6) is 0 Å². The number of hydrogen-bond acceptors (Lipinski definition) is 3. The zero-order valence-electron chi connectivity index (χ0n) is 9.87. The molecule has 94 valence electrons. The van der Waals surface area contributed by atoms with Crippen LogP contribution in [0.2, 0.25) is 0 Å². The van der Waals surface area contributed by atoms with E-state index >= 15 is 0 Å². The molecule has 0 spiro atoms. The van der Waals surface area contributed by atoms with Crippen LogP contribution >= 0.6 is 0 Å². The Kier molecular flexibility index (Phi) is 3.90. The molecule has 18 heavy (non-hydrogen) atoms. The second-order valence-corrected chi connectivity index (χ2v) is 4.34. The van der Waals surface area contributed by atoms with Gasteiger partial charge in [0.05, 0.1) is 11.5 Å². The summed E-state index contributed by atoms with van der Waals surface area (Å²) < 4.78 is 13.1. The molecule has 0 radical (unpaired) electrons. The van der Waals surface area contributed by atoms with Gasteiger partial charge in [0, 0.05) is 12.2 Å². The fraction of sp³-hybridized carbons (Fsp3) is 0.385. The lowest BCUT2D eigenvalue weighted by molar-refractivity contribution is -0.120. The highest BCUT2D eigenvalue weighted by Crippen LogP contribution is 2.17. The van der Waals surface area contributed by atoms with E-state index in [1.165, 1.54) is 18.2 Å². The molecule has 1 aromatic rings. The maximum atomic E-state index is 13.1. The summed E-state index contributed by atoms with van der Waals surface area (Å²) in [5, 5.41) is 14.6. The molecule has 4 nitrogen and oxygen atoms in total. The average molecular weight is 247 g/mol. The Morgan fingerprint density at radius 2 is 2.39 bits per heavy atom. The molecule has 1 aliphatic rings. The highest BCUT2D eigenvalue weighted by Gasteiger charge is 2.20. The second-order valence-electron chi connectivity index (χ2n) is 4.34. The van der Waals surface area contributed by atoms with Crippen molar-refractivity contribution < 1.29 is 9.18 Å². The molecule has 1 amide bonds. The summed E-state index contributed by atoms with van der Waals surface area (Å²) in [4.78, 5) is 11.9. The maximum Gasteiger partial charge on any atom is 0.228 e. The van der Waals surface area contributed by atoms with Crippen LogP contribution in [0.25, 0.3) is 0 Å². The summed E-state index contributed by atoms with van der Waals surface area (Å²) in [5.74, 6) is -0.720. The van der Waals surface area contributed by atoms with Crippen molar-refractivity contribution in [2.45, 2.75) is 12.8 Å². The summed E-state index contributed by atoms with van der Waals surface area (Å²) in [6.07, 6.45) is 1.83. The number of nitrogens with zero attached hydrogens (tertiary/aromatic N) is 1. The van der Waals surface area contributed by atoms with Crippen LogP contribution in [0.15, 0.2) is 18.2 Å². The zero-order chi connectivity index (χ0) is 13.0. The summed E-state index contributed by atoms with van der Waals surface area (Å²) in [7, 11) is 0. The molecule has 0 saturated carbocycles. The van der Waals surface area contributed by atoms with Crippen LogP contribution < -0.4 is 10.6 Å². The molecule has 0 aliphatic carbocycles. The number of amides is 1. The second kappa shape index (κ2) is 5.61. The Balaban J connectivity index is 2.05. The molecule has 2 rings (SSSR count). The van der Waals surface area contributed by atoms with Gasteiger partial charge in [-0.15, -0.1) is 0 Å². The van der Waals surface area contributed by atoms with Gasteiger partial charge >= 0.3 is 0 Å². The van der Waals surface area contributed by atoms with Gasteiger partial charge in [-0.2, -0.15) is 5.26 Å².